The van der Waals surface area contributed by atoms with Crippen LogP contribution in [-0.4, -0.2) is 15.3 Å². The van der Waals surface area contributed by atoms with Crippen LogP contribution < -0.4 is 0 Å². The maximum absolute atomic E-state index is 4.63. The Labute approximate surface area is 73.2 Å². The van der Waals surface area contributed by atoms with E-state index in [9.17, 15) is 0 Å². The molecule has 2 heterocycles. The molecule has 0 N–H and O–H groups in total. The molecule has 0 saturated heterocycles. The Hall–Kier alpha value is -1.97. The van der Waals surface area contributed by atoms with Gasteiger partial charge in [-0.2, -0.15) is 0 Å². The molecule has 62 valence electrons. The number of pyridine rings is 1. The summed E-state index contributed by atoms with van der Waals surface area (Å²) in [6.07, 6.45) is 1.66. The summed E-state index contributed by atoms with van der Waals surface area (Å²) in [6.45, 7) is 0. The molecular formula is C9H5N3O. The normalized spacial score (nSPS) is 11.1. The van der Waals surface area contributed by atoms with Gasteiger partial charge in [0.1, 0.15) is 5.52 Å². The van der Waals surface area contributed by atoms with Crippen LogP contribution in [0.3, 0.4) is 0 Å². The van der Waals surface area contributed by atoms with Gasteiger partial charge in [0.25, 0.3) is 0 Å². The number of fused-ring (bicyclic) bond motifs is 3. The molecule has 13 heavy (non-hydrogen) atoms. The maximum Gasteiger partial charge on any atom is 0.154 e. The Morgan fingerprint density at radius 2 is 1.92 bits per heavy atom. The fourth-order valence-electron chi connectivity index (χ4n) is 1.38. The highest BCUT2D eigenvalue weighted by molar-refractivity contribution is 6.00. The van der Waals surface area contributed by atoms with Crippen LogP contribution in [0.25, 0.3) is 21.9 Å². The van der Waals surface area contributed by atoms with Crippen LogP contribution >= 0.6 is 0 Å². The molecule has 0 aliphatic rings. The lowest BCUT2D eigenvalue weighted by molar-refractivity contribution is 0.315. The minimum Gasteiger partial charge on any atom is -0.254 e. The average Bonchev–Trinajstić information content (AvgIpc) is 2.65. The first-order valence-electron chi connectivity index (χ1n) is 3.91. The van der Waals surface area contributed by atoms with E-state index in [1.807, 2.05) is 24.3 Å². The molecule has 4 nitrogen and oxygen atoms in total. The van der Waals surface area contributed by atoms with Crippen LogP contribution in [0.5, 0.6) is 0 Å². The minimum atomic E-state index is 0.693. The second-order valence-corrected chi connectivity index (χ2v) is 2.77. The fourth-order valence-corrected chi connectivity index (χ4v) is 1.38. The summed E-state index contributed by atoms with van der Waals surface area (Å²) in [7, 11) is 0. The second-order valence-electron chi connectivity index (χ2n) is 2.77. The summed E-state index contributed by atoms with van der Waals surface area (Å²) < 4.78 is 4.63. The first kappa shape index (κ1) is 6.54. The number of para-hydroxylation sites is 1. The summed E-state index contributed by atoms with van der Waals surface area (Å²) in [5, 5.41) is 8.51. The van der Waals surface area contributed by atoms with Crippen molar-refractivity contribution in [2.75, 3.05) is 0 Å². The monoisotopic (exact) mass is 171 g/mol. The molecular weight excluding hydrogens is 166 g/mol. The summed E-state index contributed by atoms with van der Waals surface area (Å²) in [5.41, 5.74) is 2.37. The standard InChI is InChI=1S/C9H5N3O/c1-2-4-7-6(3-1)9-8(5-10-7)11-13-12-9/h1-5H. The van der Waals surface area contributed by atoms with Crippen LogP contribution in [0.2, 0.25) is 0 Å². The number of benzene rings is 1. The lowest BCUT2D eigenvalue weighted by atomic mass is 10.2. The van der Waals surface area contributed by atoms with E-state index in [2.05, 4.69) is 19.9 Å². The topological polar surface area (TPSA) is 51.8 Å². The van der Waals surface area contributed by atoms with Crippen molar-refractivity contribution in [3.05, 3.63) is 30.5 Å². The highest BCUT2D eigenvalue weighted by Crippen LogP contribution is 2.19. The maximum atomic E-state index is 4.63. The van der Waals surface area contributed by atoms with Crippen LogP contribution in [0.15, 0.2) is 35.1 Å². The number of rotatable bonds is 0. The molecule has 0 aliphatic heterocycles. The molecule has 0 atom stereocenters. The van der Waals surface area contributed by atoms with Gasteiger partial charge in [0, 0.05) is 5.39 Å². The van der Waals surface area contributed by atoms with E-state index in [1.54, 1.807) is 6.20 Å². The first-order chi connectivity index (χ1) is 6.45. The van der Waals surface area contributed by atoms with Crippen molar-refractivity contribution in [3.63, 3.8) is 0 Å². The van der Waals surface area contributed by atoms with Gasteiger partial charge in [0.2, 0.25) is 0 Å². The van der Waals surface area contributed by atoms with Crippen molar-refractivity contribution in [2.45, 2.75) is 0 Å². The number of aromatic nitrogens is 3. The number of nitrogens with zero attached hydrogens (tertiary/aromatic N) is 3. The van der Waals surface area contributed by atoms with Crippen molar-refractivity contribution < 1.29 is 4.63 Å². The highest BCUT2D eigenvalue weighted by atomic mass is 16.6. The van der Waals surface area contributed by atoms with E-state index in [4.69, 9.17) is 0 Å². The average molecular weight is 171 g/mol. The van der Waals surface area contributed by atoms with Gasteiger partial charge >= 0.3 is 0 Å². The molecule has 0 unspecified atom stereocenters. The zero-order valence-corrected chi connectivity index (χ0v) is 6.64. The van der Waals surface area contributed by atoms with E-state index in [0.29, 0.717) is 5.52 Å². The van der Waals surface area contributed by atoms with Crippen molar-refractivity contribution in [3.8, 4) is 0 Å². The molecule has 0 radical (unpaired) electrons. The number of hydrogen-bond donors (Lipinski definition) is 0. The quantitative estimate of drug-likeness (QED) is 0.517. The molecule has 0 spiro atoms. The van der Waals surface area contributed by atoms with Crippen LogP contribution in [-0.2, 0) is 0 Å². The van der Waals surface area contributed by atoms with Gasteiger partial charge in [-0.25, -0.2) is 4.63 Å². The van der Waals surface area contributed by atoms with Crippen LogP contribution in [0.4, 0.5) is 0 Å². The fraction of sp³-hybridized carbons (Fsp3) is 0. The van der Waals surface area contributed by atoms with Crippen LogP contribution in [0.1, 0.15) is 0 Å². The van der Waals surface area contributed by atoms with Crippen LogP contribution in [0, 0.1) is 0 Å². The Kier molecular flexibility index (Phi) is 1.14. The van der Waals surface area contributed by atoms with E-state index >= 15 is 0 Å². The minimum absolute atomic E-state index is 0.693. The van der Waals surface area contributed by atoms with Crippen molar-refractivity contribution >= 4 is 21.9 Å². The Morgan fingerprint density at radius 1 is 1.00 bits per heavy atom. The van der Waals surface area contributed by atoms with Gasteiger partial charge in [-0.15, -0.1) is 0 Å². The van der Waals surface area contributed by atoms with Gasteiger partial charge < -0.3 is 0 Å². The zero-order valence-electron chi connectivity index (χ0n) is 6.64. The van der Waals surface area contributed by atoms with E-state index < -0.39 is 0 Å². The van der Waals surface area contributed by atoms with Gasteiger partial charge in [-0.3, -0.25) is 4.98 Å². The summed E-state index contributed by atoms with van der Waals surface area (Å²) in [5.74, 6) is 0. The van der Waals surface area contributed by atoms with Gasteiger partial charge in [0.15, 0.2) is 5.52 Å². The van der Waals surface area contributed by atoms with Gasteiger partial charge in [0.05, 0.1) is 11.7 Å². The third-order valence-corrected chi connectivity index (χ3v) is 2.00. The summed E-state index contributed by atoms with van der Waals surface area (Å²) in [4.78, 5) is 4.22. The van der Waals surface area contributed by atoms with Crippen molar-refractivity contribution in [1.82, 2.24) is 15.3 Å². The summed E-state index contributed by atoms with van der Waals surface area (Å²) in [6, 6.07) is 7.77. The zero-order chi connectivity index (χ0) is 8.67. The Bertz CT molecular complexity index is 573. The lowest BCUT2D eigenvalue weighted by Gasteiger charge is -1.93. The van der Waals surface area contributed by atoms with E-state index in [1.165, 1.54) is 0 Å². The Balaban J connectivity index is 2.65. The molecule has 0 fully saturated rings. The van der Waals surface area contributed by atoms with Crippen molar-refractivity contribution in [1.29, 1.82) is 0 Å². The molecule has 0 bridgehead atoms. The smallest absolute Gasteiger partial charge is 0.154 e. The van der Waals surface area contributed by atoms with Crippen molar-refractivity contribution in [2.24, 2.45) is 0 Å². The third kappa shape index (κ3) is 0.823. The molecule has 0 aliphatic carbocycles. The number of hydrogen-bond acceptors (Lipinski definition) is 4. The predicted molar refractivity (Wildman–Crippen MR) is 47.1 cm³/mol. The highest BCUT2D eigenvalue weighted by Gasteiger charge is 2.04. The largest absolute Gasteiger partial charge is 0.254 e. The second kappa shape index (κ2) is 2.26. The van der Waals surface area contributed by atoms with Gasteiger partial charge in [-0.05, 0) is 16.4 Å². The molecule has 1 aromatic carbocycles. The molecule has 0 saturated carbocycles. The molecule has 0 amide bonds. The first-order valence-corrected chi connectivity index (χ1v) is 3.91. The molecule has 2 aromatic heterocycles. The molecule has 4 heteroatoms. The lowest BCUT2D eigenvalue weighted by Crippen LogP contribution is -1.79. The molecule has 3 aromatic rings. The van der Waals surface area contributed by atoms with E-state index in [0.717, 1.165) is 16.4 Å². The predicted octanol–water partition coefficient (Wildman–Crippen LogP) is 1.77. The SMILES string of the molecule is c1ccc2c(c1)ncc1nonc12. The molecule has 3 rings (SSSR count). The Morgan fingerprint density at radius 3 is 2.92 bits per heavy atom. The third-order valence-electron chi connectivity index (χ3n) is 2.00. The summed E-state index contributed by atoms with van der Waals surface area (Å²) >= 11 is 0. The van der Waals surface area contributed by atoms with E-state index in [-0.39, 0.29) is 0 Å². The van der Waals surface area contributed by atoms with Gasteiger partial charge in [-0.1, -0.05) is 18.2 Å².